The topological polar surface area (TPSA) is 78.3 Å². The lowest BCUT2D eigenvalue weighted by molar-refractivity contribution is -0.117. The Labute approximate surface area is 152 Å². The molecular weight excluding hydrogens is 332 g/mol. The van der Waals surface area contributed by atoms with Gasteiger partial charge < -0.3 is 14.8 Å². The van der Waals surface area contributed by atoms with Gasteiger partial charge in [0, 0.05) is 17.7 Å². The number of hydrogen-bond acceptors (Lipinski definition) is 6. The number of rotatable bonds is 3. The summed E-state index contributed by atoms with van der Waals surface area (Å²) in [7, 11) is 3.21. The minimum absolute atomic E-state index is 0.157. The normalized spacial score (nSPS) is 21.8. The van der Waals surface area contributed by atoms with E-state index in [1.807, 2.05) is 25.1 Å². The van der Waals surface area contributed by atoms with Gasteiger partial charge in [-0.1, -0.05) is 13.0 Å². The Kier molecular flexibility index (Phi) is 3.94. The fourth-order valence-corrected chi connectivity index (χ4v) is 3.84. The summed E-state index contributed by atoms with van der Waals surface area (Å²) >= 11 is 0. The Morgan fingerprint density at radius 3 is 2.69 bits per heavy atom. The smallest absolute Gasteiger partial charge is 0.226 e. The molecule has 1 N–H and O–H groups in total. The quantitative estimate of drug-likeness (QED) is 0.913. The molecule has 136 valence electrons. The molecule has 1 aromatic carbocycles. The first kappa shape index (κ1) is 16.6. The lowest BCUT2D eigenvalue weighted by atomic mass is 9.81. The summed E-state index contributed by atoms with van der Waals surface area (Å²) in [5.74, 6) is 3.08. The molecule has 1 aromatic heterocycles. The standard InChI is InChI=1S/C19H22N4O3/c1-10-7-13-17(14(24)8-10)18(23-19(21-13)20-11(2)22-23)12-5-6-15(25-3)16(9-12)26-4/h5-6,9-10,18H,7-8H2,1-4H3,(H,20,21,22)/t10-,18-/m1/s1. The maximum Gasteiger partial charge on any atom is 0.226 e. The third-order valence-electron chi connectivity index (χ3n) is 4.95. The number of nitrogens with zero attached hydrogens (tertiary/aromatic N) is 3. The molecular formula is C19H22N4O3. The number of ketones is 1. The van der Waals surface area contributed by atoms with Crippen LogP contribution in [0.2, 0.25) is 0 Å². The van der Waals surface area contributed by atoms with Crippen molar-refractivity contribution in [2.45, 2.75) is 32.7 Å². The van der Waals surface area contributed by atoms with Crippen LogP contribution in [-0.2, 0) is 4.79 Å². The van der Waals surface area contributed by atoms with Crippen molar-refractivity contribution in [1.29, 1.82) is 0 Å². The third-order valence-corrected chi connectivity index (χ3v) is 4.95. The number of fused-ring (bicyclic) bond motifs is 1. The fraction of sp³-hybridized carbons (Fsp3) is 0.421. The van der Waals surface area contributed by atoms with Crippen molar-refractivity contribution in [3.63, 3.8) is 0 Å². The number of Topliss-reactive ketones (excluding diaryl/α,β-unsaturated/α-hetero) is 1. The molecule has 1 aliphatic carbocycles. The first-order chi connectivity index (χ1) is 12.5. The lowest BCUT2D eigenvalue weighted by Gasteiger charge is -2.34. The first-order valence-corrected chi connectivity index (χ1v) is 8.70. The molecule has 0 radical (unpaired) electrons. The second-order valence-electron chi connectivity index (χ2n) is 6.90. The predicted octanol–water partition coefficient (Wildman–Crippen LogP) is 2.87. The van der Waals surface area contributed by atoms with E-state index in [-0.39, 0.29) is 11.8 Å². The molecule has 2 heterocycles. The Hall–Kier alpha value is -2.83. The molecule has 1 aliphatic heterocycles. The van der Waals surface area contributed by atoms with Crippen molar-refractivity contribution < 1.29 is 14.3 Å². The van der Waals surface area contributed by atoms with E-state index in [1.54, 1.807) is 18.9 Å². The number of benzene rings is 1. The van der Waals surface area contributed by atoms with E-state index in [2.05, 4.69) is 22.3 Å². The molecule has 7 nitrogen and oxygen atoms in total. The van der Waals surface area contributed by atoms with Gasteiger partial charge in [0.2, 0.25) is 5.95 Å². The number of ether oxygens (including phenoxy) is 2. The number of aryl methyl sites for hydroxylation is 1. The molecule has 2 aliphatic rings. The summed E-state index contributed by atoms with van der Waals surface area (Å²) in [6, 6.07) is 5.40. The summed E-state index contributed by atoms with van der Waals surface area (Å²) in [6.45, 7) is 3.95. The van der Waals surface area contributed by atoms with E-state index in [0.29, 0.717) is 35.6 Å². The van der Waals surface area contributed by atoms with Crippen molar-refractivity contribution in [2.24, 2.45) is 5.92 Å². The van der Waals surface area contributed by atoms with Crippen LogP contribution in [0, 0.1) is 12.8 Å². The average molecular weight is 354 g/mol. The summed E-state index contributed by atoms with van der Waals surface area (Å²) in [5.41, 5.74) is 2.65. The fourth-order valence-electron chi connectivity index (χ4n) is 3.84. The second kappa shape index (κ2) is 6.16. The molecule has 0 unspecified atom stereocenters. The molecule has 0 saturated carbocycles. The van der Waals surface area contributed by atoms with E-state index >= 15 is 0 Å². The number of allylic oxidation sites excluding steroid dienone is 2. The summed E-state index contributed by atoms with van der Waals surface area (Å²) in [4.78, 5) is 17.4. The summed E-state index contributed by atoms with van der Waals surface area (Å²) < 4.78 is 12.6. The van der Waals surface area contributed by atoms with Gasteiger partial charge in [-0.25, -0.2) is 4.68 Å². The zero-order valence-electron chi connectivity index (χ0n) is 15.4. The number of carbonyl (C=O) groups is 1. The van der Waals surface area contributed by atoms with Gasteiger partial charge >= 0.3 is 0 Å². The summed E-state index contributed by atoms with van der Waals surface area (Å²) in [6.07, 6.45) is 1.38. The zero-order chi connectivity index (χ0) is 18.4. The van der Waals surface area contributed by atoms with Crippen LogP contribution in [0.5, 0.6) is 11.5 Å². The maximum absolute atomic E-state index is 12.9. The molecule has 0 amide bonds. The van der Waals surface area contributed by atoms with Crippen LogP contribution >= 0.6 is 0 Å². The van der Waals surface area contributed by atoms with Gasteiger partial charge in [-0.3, -0.25) is 4.79 Å². The Bertz CT molecular complexity index is 916. The highest BCUT2D eigenvalue weighted by atomic mass is 16.5. The number of nitrogens with one attached hydrogen (secondary N) is 1. The number of carbonyl (C=O) groups excluding carboxylic acids is 1. The molecule has 0 bridgehead atoms. The van der Waals surface area contributed by atoms with Crippen molar-refractivity contribution >= 4 is 11.7 Å². The highest BCUT2D eigenvalue weighted by Gasteiger charge is 2.38. The van der Waals surface area contributed by atoms with E-state index < -0.39 is 0 Å². The minimum Gasteiger partial charge on any atom is -0.493 e. The van der Waals surface area contributed by atoms with Crippen LogP contribution in [0.4, 0.5) is 5.95 Å². The Balaban J connectivity index is 1.90. The number of methoxy groups -OCH3 is 2. The number of anilines is 1. The molecule has 0 spiro atoms. The molecule has 26 heavy (non-hydrogen) atoms. The van der Waals surface area contributed by atoms with Gasteiger partial charge in [0.15, 0.2) is 17.3 Å². The molecule has 7 heteroatoms. The first-order valence-electron chi connectivity index (χ1n) is 8.70. The van der Waals surface area contributed by atoms with E-state index in [0.717, 1.165) is 23.3 Å². The number of hydrogen-bond donors (Lipinski definition) is 1. The maximum atomic E-state index is 12.9. The van der Waals surface area contributed by atoms with Crippen LogP contribution in [0.25, 0.3) is 0 Å². The molecule has 2 atom stereocenters. The van der Waals surface area contributed by atoms with Crippen molar-refractivity contribution in [2.75, 3.05) is 19.5 Å². The van der Waals surface area contributed by atoms with Crippen LogP contribution < -0.4 is 14.8 Å². The van der Waals surface area contributed by atoms with Gasteiger partial charge in [0.25, 0.3) is 0 Å². The monoisotopic (exact) mass is 354 g/mol. The molecule has 2 aromatic rings. The van der Waals surface area contributed by atoms with Gasteiger partial charge in [-0.05, 0) is 37.0 Å². The van der Waals surface area contributed by atoms with Crippen LogP contribution in [0.15, 0.2) is 29.5 Å². The van der Waals surface area contributed by atoms with Crippen LogP contribution in [0.3, 0.4) is 0 Å². The van der Waals surface area contributed by atoms with Crippen molar-refractivity contribution in [1.82, 2.24) is 14.8 Å². The van der Waals surface area contributed by atoms with Crippen molar-refractivity contribution in [3.8, 4) is 11.5 Å². The van der Waals surface area contributed by atoms with Crippen LogP contribution in [-0.4, -0.2) is 34.8 Å². The van der Waals surface area contributed by atoms with E-state index in [9.17, 15) is 4.79 Å². The lowest BCUT2D eigenvalue weighted by Crippen LogP contribution is -2.33. The third kappa shape index (κ3) is 2.55. The Morgan fingerprint density at radius 1 is 1.19 bits per heavy atom. The minimum atomic E-state index is -0.317. The number of aromatic nitrogens is 3. The van der Waals surface area contributed by atoms with E-state index in [1.165, 1.54) is 0 Å². The summed E-state index contributed by atoms with van der Waals surface area (Å²) in [5, 5.41) is 7.86. The van der Waals surface area contributed by atoms with E-state index in [4.69, 9.17) is 9.47 Å². The highest BCUT2D eigenvalue weighted by molar-refractivity contribution is 5.99. The Morgan fingerprint density at radius 2 is 1.96 bits per heavy atom. The van der Waals surface area contributed by atoms with Gasteiger partial charge in [0.1, 0.15) is 11.9 Å². The largest absolute Gasteiger partial charge is 0.493 e. The molecule has 0 fully saturated rings. The van der Waals surface area contributed by atoms with Gasteiger partial charge in [-0.15, -0.1) is 0 Å². The van der Waals surface area contributed by atoms with Gasteiger partial charge in [-0.2, -0.15) is 10.1 Å². The average Bonchev–Trinajstić information content (AvgIpc) is 2.98. The highest BCUT2D eigenvalue weighted by Crippen LogP contribution is 2.42. The molecule has 4 rings (SSSR count). The van der Waals surface area contributed by atoms with Crippen molar-refractivity contribution in [3.05, 3.63) is 40.9 Å². The van der Waals surface area contributed by atoms with Gasteiger partial charge in [0.05, 0.1) is 14.2 Å². The SMILES string of the molecule is COc1ccc([C@@H]2C3=C(C[C@@H](C)CC3=O)Nc3nc(C)nn32)cc1OC. The van der Waals surface area contributed by atoms with Crippen LogP contribution in [0.1, 0.15) is 37.2 Å². The predicted molar refractivity (Wildman–Crippen MR) is 96.5 cm³/mol. The molecule has 0 saturated heterocycles. The zero-order valence-corrected chi connectivity index (χ0v) is 15.4. The second-order valence-corrected chi connectivity index (χ2v) is 6.90.